The van der Waals surface area contributed by atoms with Crippen LogP contribution in [0, 0.1) is 0 Å². The molecule has 0 amide bonds. The summed E-state index contributed by atoms with van der Waals surface area (Å²) >= 11 is 0. The summed E-state index contributed by atoms with van der Waals surface area (Å²) in [5, 5.41) is 6.18. The lowest BCUT2D eigenvalue weighted by Gasteiger charge is -2.43. The first-order chi connectivity index (χ1) is 28.4. The second-order valence-corrected chi connectivity index (χ2v) is 13.3. The van der Waals surface area contributed by atoms with Gasteiger partial charge in [0.1, 0.15) is 12.7 Å². The highest BCUT2D eigenvalue weighted by Gasteiger charge is 2.55. The molecule has 58 heavy (non-hydrogen) atoms. The minimum Gasteiger partial charge on any atom is -0.459 e. The van der Waals surface area contributed by atoms with E-state index in [0.717, 1.165) is 10.8 Å². The van der Waals surface area contributed by atoms with E-state index in [1.54, 1.807) is 121 Å². The third kappa shape index (κ3) is 8.37. The van der Waals surface area contributed by atoms with E-state index in [2.05, 4.69) is 10.1 Å². The number of carbonyl (C=O) groups excluding carboxylic acids is 4. The van der Waals surface area contributed by atoms with E-state index in [-0.39, 0.29) is 34.0 Å². The van der Waals surface area contributed by atoms with E-state index in [1.165, 1.54) is 0 Å². The molecule has 0 bridgehead atoms. The molecule has 0 saturated carbocycles. The minimum absolute atomic E-state index is 0.0815. The van der Waals surface area contributed by atoms with Gasteiger partial charge < -0.3 is 28.2 Å². The molecule has 0 aliphatic carbocycles. The maximum Gasteiger partial charge on any atom is 0.338 e. The Labute approximate surface area is 331 Å². The summed E-state index contributed by atoms with van der Waals surface area (Å²) in [6, 6.07) is 46.1. The Balaban J connectivity index is 1.22. The summed E-state index contributed by atoms with van der Waals surface area (Å²) in [6.07, 6.45) is -7.37. The highest BCUT2D eigenvalue weighted by atomic mass is 16.7. The molecular weight excluding hydrogens is 741 g/mol. The Bertz CT molecular complexity index is 2530. The van der Waals surface area contributed by atoms with Crippen LogP contribution in [-0.4, -0.2) is 65.0 Å². The number of carbonyl (C=O) groups is 4. The maximum atomic E-state index is 13.9. The molecule has 1 aliphatic heterocycles. The van der Waals surface area contributed by atoms with E-state index < -0.39 is 61.0 Å². The van der Waals surface area contributed by atoms with Crippen molar-refractivity contribution in [3.05, 3.63) is 192 Å². The topological polar surface area (TPSA) is 153 Å². The molecule has 1 aliphatic rings. The zero-order valence-electron chi connectivity index (χ0n) is 30.7. The summed E-state index contributed by atoms with van der Waals surface area (Å²) < 4.78 is 36.5. The molecule has 5 atom stereocenters. The van der Waals surface area contributed by atoms with Gasteiger partial charge in [0.25, 0.3) is 5.89 Å². The van der Waals surface area contributed by atoms with Crippen LogP contribution in [-0.2, 0) is 23.7 Å². The number of fused-ring (bicyclic) bond motifs is 1. The van der Waals surface area contributed by atoms with Gasteiger partial charge in [0, 0.05) is 5.56 Å². The first-order valence-electron chi connectivity index (χ1n) is 18.4. The van der Waals surface area contributed by atoms with Gasteiger partial charge in [0.2, 0.25) is 5.82 Å². The van der Waals surface area contributed by atoms with Crippen LogP contribution in [0.15, 0.2) is 168 Å². The van der Waals surface area contributed by atoms with Crippen LogP contribution >= 0.6 is 0 Å². The van der Waals surface area contributed by atoms with Crippen molar-refractivity contribution >= 4 is 34.6 Å². The Morgan fingerprint density at radius 3 is 1.52 bits per heavy atom. The predicted molar refractivity (Wildman–Crippen MR) is 209 cm³/mol. The van der Waals surface area contributed by atoms with Gasteiger partial charge in [-0.3, -0.25) is 0 Å². The van der Waals surface area contributed by atoms with Crippen LogP contribution in [0.2, 0.25) is 0 Å². The van der Waals surface area contributed by atoms with Crippen LogP contribution < -0.4 is 0 Å². The molecule has 6 aromatic carbocycles. The smallest absolute Gasteiger partial charge is 0.338 e. The average molecular weight is 775 g/mol. The monoisotopic (exact) mass is 774 g/mol. The molecule has 1 saturated heterocycles. The summed E-state index contributed by atoms with van der Waals surface area (Å²) in [7, 11) is 0. The fourth-order valence-electron chi connectivity index (χ4n) is 6.56. The summed E-state index contributed by atoms with van der Waals surface area (Å²) in [6.45, 7) is -0.495. The van der Waals surface area contributed by atoms with Crippen LogP contribution in [0.25, 0.3) is 22.2 Å². The summed E-state index contributed by atoms with van der Waals surface area (Å²) in [5.41, 5.74) is 1.37. The van der Waals surface area contributed by atoms with Crippen LogP contribution in [0.1, 0.15) is 53.4 Å². The molecule has 1 fully saturated rings. The van der Waals surface area contributed by atoms with E-state index in [1.807, 2.05) is 42.5 Å². The van der Waals surface area contributed by atoms with Crippen molar-refractivity contribution in [3.63, 3.8) is 0 Å². The number of esters is 4. The van der Waals surface area contributed by atoms with Gasteiger partial charge in [0.15, 0.2) is 24.4 Å². The SMILES string of the molecule is O=C(OC[C@H]1O[C@@H](c2noc(-c3ccc4ccccc4c3)n2)[C@H](OC(=O)c2ccccc2)[C@@H](OC(=O)c2ccccc2)[C@@H]1OC(=O)c1ccccc1)c1ccccc1. The number of rotatable bonds is 11. The van der Waals surface area contributed by atoms with E-state index >= 15 is 0 Å². The van der Waals surface area contributed by atoms with Crippen molar-refractivity contribution < 1.29 is 47.4 Å². The predicted octanol–water partition coefficient (Wildman–Crippen LogP) is 7.86. The van der Waals surface area contributed by atoms with Crippen molar-refractivity contribution in [3.8, 4) is 11.5 Å². The molecule has 288 valence electrons. The Kier molecular flexibility index (Phi) is 11.1. The minimum atomic E-state index is -1.57. The zero-order valence-corrected chi connectivity index (χ0v) is 30.7. The fourth-order valence-corrected chi connectivity index (χ4v) is 6.56. The first kappa shape index (κ1) is 37.5. The molecule has 0 spiro atoms. The summed E-state index contributed by atoms with van der Waals surface area (Å²) in [4.78, 5) is 59.6. The van der Waals surface area contributed by atoms with Crippen molar-refractivity contribution in [1.29, 1.82) is 0 Å². The lowest BCUT2D eigenvalue weighted by molar-refractivity contribution is -0.233. The van der Waals surface area contributed by atoms with E-state index in [9.17, 15) is 19.2 Å². The van der Waals surface area contributed by atoms with Crippen molar-refractivity contribution in [1.82, 2.24) is 10.1 Å². The zero-order chi connectivity index (χ0) is 39.8. The average Bonchev–Trinajstić information content (AvgIpc) is 3.78. The molecule has 12 heteroatoms. The lowest BCUT2D eigenvalue weighted by Crippen LogP contribution is -2.60. The number of benzene rings is 6. The normalized spacial score (nSPS) is 18.8. The molecule has 12 nitrogen and oxygen atoms in total. The highest BCUT2D eigenvalue weighted by Crippen LogP contribution is 2.38. The second-order valence-electron chi connectivity index (χ2n) is 13.3. The third-order valence-electron chi connectivity index (χ3n) is 9.47. The molecule has 8 rings (SSSR count). The Morgan fingerprint density at radius 1 is 0.500 bits per heavy atom. The standard InChI is InChI=1S/C46H34N2O10/c49-43(30-16-5-1-6-17-30)53-28-36-37(55-44(50)31-18-7-2-8-19-31)38(56-45(51)32-20-9-3-10-21-32)39(57-46(52)33-22-11-4-12-23-33)40(54-36)41-47-42(58-48-41)35-26-25-29-15-13-14-24-34(29)27-35/h1-27,36-40H,28H2/t36-,37-,38+,39-,40-/m1/s1. The number of hydrogen-bond acceptors (Lipinski definition) is 12. The van der Waals surface area contributed by atoms with Gasteiger partial charge in [-0.1, -0.05) is 108 Å². The van der Waals surface area contributed by atoms with Gasteiger partial charge in [-0.05, 0) is 71.4 Å². The van der Waals surface area contributed by atoms with Gasteiger partial charge >= 0.3 is 23.9 Å². The summed E-state index contributed by atoms with van der Waals surface area (Å²) in [5.74, 6) is -3.08. The van der Waals surface area contributed by atoms with Crippen molar-refractivity contribution in [2.75, 3.05) is 6.61 Å². The second kappa shape index (κ2) is 17.1. The molecule has 7 aromatic rings. The number of ether oxygens (including phenoxy) is 5. The van der Waals surface area contributed by atoms with Gasteiger partial charge in [0.05, 0.1) is 22.3 Å². The number of nitrogens with zero attached hydrogens (tertiary/aromatic N) is 2. The Hall–Kier alpha value is -7.44. The fraction of sp³-hybridized carbons (Fsp3) is 0.130. The van der Waals surface area contributed by atoms with E-state index in [4.69, 9.17) is 28.2 Å². The third-order valence-corrected chi connectivity index (χ3v) is 9.47. The van der Waals surface area contributed by atoms with Gasteiger partial charge in [-0.2, -0.15) is 4.98 Å². The molecule has 0 radical (unpaired) electrons. The number of hydrogen-bond donors (Lipinski definition) is 0. The molecule has 0 unspecified atom stereocenters. The molecular formula is C46H34N2O10. The number of aromatic nitrogens is 2. The molecule has 2 heterocycles. The maximum absolute atomic E-state index is 13.9. The van der Waals surface area contributed by atoms with Gasteiger partial charge in [-0.15, -0.1) is 0 Å². The van der Waals surface area contributed by atoms with Gasteiger partial charge in [-0.25, -0.2) is 19.2 Å². The highest BCUT2D eigenvalue weighted by molar-refractivity contribution is 5.92. The largest absolute Gasteiger partial charge is 0.459 e. The Morgan fingerprint density at radius 2 is 0.966 bits per heavy atom. The quantitative estimate of drug-likeness (QED) is 0.0929. The van der Waals surface area contributed by atoms with Crippen LogP contribution in [0.5, 0.6) is 0 Å². The molecule has 1 aromatic heterocycles. The molecule has 0 N–H and O–H groups in total. The van der Waals surface area contributed by atoms with Crippen molar-refractivity contribution in [2.24, 2.45) is 0 Å². The van der Waals surface area contributed by atoms with Crippen molar-refractivity contribution in [2.45, 2.75) is 30.5 Å². The lowest BCUT2D eigenvalue weighted by atomic mass is 9.93. The van der Waals surface area contributed by atoms with Crippen LogP contribution in [0.4, 0.5) is 0 Å². The van der Waals surface area contributed by atoms with Crippen LogP contribution in [0.3, 0.4) is 0 Å². The first-order valence-corrected chi connectivity index (χ1v) is 18.4. The van der Waals surface area contributed by atoms with E-state index in [0.29, 0.717) is 5.56 Å².